The van der Waals surface area contributed by atoms with E-state index in [9.17, 15) is 9.59 Å². The minimum absolute atomic E-state index is 0.0807. The number of nitrogens with one attached hydrogen (secondary N) is 1. The highest BCUT2D eigenvalue weighted by molar-refractivity contribution is 7.99. The number of hydrogen-bond acceptors (Lipinski definition) is 3. The van der Waals surface area contributed by atoms with Crippen molar-refractivity contribution in [3.8, 4) is 0 Å². The normalized spacial score (nSPS) is 16.5. The van der Waals surface area contributed by atoms with Gasteiger partial charge in [-0.3, -0.25) is 9.59 Å². The highest BCUT2D eigenvalue weighted by atomic mass is 32.2. The summed E-state index contributed by atoms with van der Waals surface area (Å²) in [6, 6.07) is 2.45. The SMILES string of the molecule is CC(=O)c1c(C)cc(C)c(CSC(C)C(=O)NC2CCCCC2)c1C. The molecule has 1 unspecified atom stereocenters. The molecular weight excluding hydrogens is 330 g/mol. The Hall–Kier alpha value is -1.29. The molecule has 0 heterocycles. The zero-order chi connectivity index (χ0) is 18.6. The van der Waals surface area contributed by atoms with Gasteiger partial charge in [0.05, 0.1) is 5.25 Å². The van der Waals surface area contributed by atoms with Crippen LogP contribution in [0.4, 0.5) is 0 Å². The Labute approximate surface area is 156 Å². The number of hydrogen-bond donors (Lipinski definition) is 1. The largest absolute Gasteiger partial charge is 0.352 e. The third kappa shape index (κ3) is 5.10. The number of thioether (sulfide) groups is 1. The standard InChI is InChI=1S/C21H31NO2S/c1-13-11-14(2)20(16(4)23)15(3)19(13)12-25-17(5)21(24)22-18-9-7-6-8-10-18/h11,17-18H,6-10,12H2,1-5H3,(H,22,24). The average Bonchev–Trinajstić information content (AvgIpc) is 2.54. The molecule has 1 aromatic rings. The minimum atomic E-state index is -0.0807. The summed E-state index contributed by atoms with van der Waals surface area (Å²) in [5.41, 5.74) is 5.34. The van der Waals surface area contributed by atoms with Gasteiger partial charge in [0.25, 0.3) is 0 Å². The van der Waals surface area contributed by atoms with Gasteiger partial charge in [-0.05, 0) is 69.7 Å². The van der Waals surface area contributed by atoms with E-state index in [0.29, 0.717) is 6.04 Å². The number of rotatable bonds is 6. The van der Waals surface area contributed by atoms with Gasteiger partial charge in [0, 0.05) is 17.4 Å². The molecule has 0 aromatic heterocycles. The molecule has 1 saturated carbocycles. The zero-order valence-corrected chi connectivity index (χ0v) is 17.0. The predicted octanol–water partition coefficient (Wildman–Crippen LogP) is 4.89. The molecule has 1 aliphatic carbocycles. The van der Waals surface area contributed by atoms with Crippen molar-refractivity contribution in [2.24, 2.45) is 0 Å². The van der Waals surface area contributed by atoms with E-state index >= 15 is 0 Å². The first kappa shape index (κ1) is 20.0. The van der Waals surface area contributed by atoms with Crippen LogP contribution in [0.25, 0.3) is 0 Å². The second-order valence-corrected chi connectivity index (χ2v) is 8.67. The molecule has 0 spiro atoms. The van der Waals surface area contributed by atoms with Crippen LogP contribution in [-0.4, -0.2) is 23.0 Å². The van der Waals surface area contributed by atoms with E-state index < -0.39 is 0 Å². The summed E-state index contributed by atoms with van der Waals surface area (Å²) < 4.78 is 0. The Kier molecular flexibility index (Phi) is 7.12. The van der Waals surface area contributed by atoms with Crippen molar-refractivity contribution in [2.75, 3.05) is 0 Å². The van der Waals surface area contributed by atoms with E-state index in [-0.39, 0.29) is 16.9 Å². The number of carbonyl (C=O) groups is 2. The van der Waals surface area contributed by atoms with E-state index in [0.717, 1.165) is 35.3 Å². The van der Waals surface area contributed by atoms with Crippen LogP contribution in [0.15, 0.2) is 6.07 Å². The molecule has 1 N–H and O–H groups in total. The molecule has 138 valence electrons. The van der Waals surface area contributed by atoms with Crippen molar-refractivity contribution >= 4 is 23.5 Å². The zero-order valence-electron chi connectivity index (χ0n) is 16.2. The molecule has 25 heavy (non-hydrogen) atoms. The number of carbonyl (C=O) groups excluding carboxylic acids is 2. The molecule has 0 bridgehead atoms. The van der Waals surface area contributed by atoms with Crippen LogP contribution in [0.5, 0.6) is 0 Å². The first-order valence-electron chi connectivity index (χ1n) is 9.33. The van der Waals surface area contributed by atoms with E-state index in [1.54, 1.807) is 18.7 Å². The summed E-state index contributed by atoms with van der Waals surface area (Å²) in [4.78, 5) is 24.4. The Morgan fingerprint density at radius 1 is 1.16 bits per heavy atom. The van der Waals surface area contributed by atoms with Gasteiger partial charge in [0.2, 0.25) is 5.91 Å². The lowest BCUT2D eigenvalue weighted by Crippen LogP contribution is -2.40. The van der Waals surface area contributed by atoms with Crippen molar-refractivity contribution in [1.82, 2.24) is 5.32 Å². The van der Waals surface area contributed by atoms with Crippen LogP contribution >= 0.6 is 11.8 Å². The summed E-state index contributed by atoms with van der Waals surface area (Å²) in [7, 11) is 0. The average molecular weight is 362 g/mol. The summed E-state index contributed by atoms with van der Waals surface area (Å²) in [5, 5.41) is 3.13. The quantitative estimate of drug-likeness (QED) is 0.734. The Morgan fingerprint density at radius 2 is 1.80 bits per heavy atom. The smallest absolute Gasteiger partial charge is 0.233 e. The lowest BCUT2D eigenvalue weighted by molar-refractivity contribution is -0.121. The summed E-state index contributed by atoms with van der Waals surface area (Å²) in [6.45, 7) is 9.72. The maximum absolute atomic E-state index is 12.4. The van der Waals surface area contributed by atoms with Crippen molar-refractivity contribution in [3.05, 3.63) is 33.9 Å². The molecule has 1 aromatic carbocycles. The van der Waals surface area contributed by atoms with Crippen molar-refractivity contribution in [1.29, 1.82) is 0 Å². The van der Waals surface area contributed by atoms with E-state index in [2.05, 4.69) is 18.3 Å². The molecule has 2 rings (SSSR count). The van der Waals surface area contributed by atoms with E-state index in [1.165, 1.54) is 30.4 Å². The molecule has 0 aliphatic heterocycles. The fraction of sp³-hybridized carbons (Fsp3) is 0.619. The van der Waals surface area contributed by atoms with Gasteiger partial charge >= 0.3 is 0 Å². The van der Waals surface area contributed by atoms with Crippen LogP contribution in [0.1, 0.15) is 78.6 Å². The van der Waals surface area contributed by atoms with Crippen LogP contribution < -0.4 is 5.32 Å². The van der Waals surface area contributed by atoms with Crippen LogP contribution in [0.3, 0.4) is 0 Å². The molecule has 0 radical (unpaired) electrons. The van der Waals surface area contributed by atoms with Crippen LogP contribution in [-0.2, 0) is 10.5 Å². The van der Waals surface area contributed by atoms with Gasteiger partial charge < -0.3 is 5.32 Å². The highest BCUT2D eigenvalue weighted by Gasteiger charge is 2.21. The number of aryl methyl sites for hydroxylation is 2. The number of benzene rings is 1. The topological polar surface area (TPSA) is 46.2 Å². The van der Waals surface area contributed by atoms with Gasteiger partial charge in [-0.25, -0.2) is 0 Å². The van der Waals surface area contributed by atoms with E-state index in [4.69, 9.17) is 0 Å². The fourth-order valence-corrected chi connectivity index (χ4v) is 4.92. The number of Topliss-reactive ketones (excluding diaryl/α,β-unsaturated/α-hetero) is 1. The molecule has 1 fully saturated rings. The Bertz CT molecular complexity index is 648. The molecule has 0 saturated heterocycles. The maximum Gasteiger partial charge on any atom is 0.233 e. The van der Waals surface area contributed by atoms with E-state index in [1.807, 2.05) is 20.8 Å². The predicted molar refractivity (Wildman–Crippen MR) is 106 cm³/mol. The van der Waals surface area contributed by atoms with Gasteiger partial charge in [-0.2, -0.15) is 0 Å². The summed E-state index contributed by atoms with van der Waals surface area (Å²) in [6.07, 6.45) is 5.97. The Morgan fingerprint density at radius 3 is 2.40 bits per heavy atom. The molecule has 4 heteroatoms. The molecule has 1 atom stereocenters. The second kappa shape index (κ2) is 8.88. The number of amides is 1. The van der Waals surface area contributed by atoms with Crippen molar-refractivity contribution in [3.63, 3.8) is 0 Å². The first-order chi connectivity index (χ1) is 11.8. The van der Waals surface area contributed by atoms with Crippen molar-refractivity contribution in [2.45, 2.75) is 83.8 Å². The second-order valence-electron chi connectivity index (χ2n) is 7.34. The Balaban J connectivity index is 2.01. The number of ketones is 1. The van der Waals surface area contributed by atoms with Gasteiger partial charge in [-0.1, -0.05) is 25.3 Å². The van der Waals surface area contributed by atoms with Gasteiger partial charge in [-0.15, -0.1) is 11.8 Å². The van der Waals surface area contributed by atoms with Gasteiger partial charge in [0.15, 0.2) is 5.78 Å². The lowest BCUT2D eigenvalue weighted by atomic mass is 9.92. The lowest BCUT2D eigenvalue weighted by Gasteiger charge is -2.24. The fourth-order valence-electron chi connectivity index (χ4n) is 3.84. The molecular formula is C21H31NO2S. The third-order valence-corrected chi connectivity index (χ3v) is 6.45. The molecule has 1 amide bonds. The highest BCUT2D eigenvalue weighted by Crippen LogP contribution is 2.28. The minimum Gasteiger partial charge on any atom is -0.352 e. The third-order valence-electron chi connectivity index (χ3n) is 5.28. The summed E-state index contributed by atoms with van der Waals surface area (Å²) >= 11 is 1.66. The monoisotopic (exact) mass is 361 g/mol. The van der Waals surface area contributed by atoms with Crippen LogP contribution in [0, 0.1) is 20.8 Å². The molecule has 1 aliphatic rings. The maximum atomic E-state index is 12.4. The van der Waals surface area contributed by atoms with Crippen LogP contribution in [0.2, 0.25) is 0 Å². The first-order valence-corrected chi connectivity index (χ1v) is 10.4. The summed E-state index contributed by atoms with van der Waals surface area (Å²) in [5.74, 6) is 1.02. The molecule has 3 nitrogen and oxygen atoms in total. The van der Waals surface area contributed by atoms with Crippen molar-refractivity contribution < 1.29 is 9.59 Å². The van der Waals surface area contributed by atoms with Gasteiger partial charge in [0.1, 0.15) is 0 Å².